The number of likely N-dealkylation sites (tertiary alicyclic amines) is 1. The van der Waals surface area contributed by atoms with Crippen LogP contribution in [0.25, 0.3) is 0 Å². The number of benzene rings is 1. The average Bonchev–Trinajstić information content (AvgIpc) is 2.78. The maximum atomic E-state index is 12.5. The first kappa shape index (κ1) is 15.4. The monoisotopic (exact) mass is 291 g/mol. The summed E-state index contributed by atoms with van der Waals surface area (Å²) in [6.45, 7) is 4.77. The van der Waals surface area contributed by atoms with Crippen molar-refractivity contribution in [3.05, 3.63) is 29.8 Å². The van der Waals surface area contributed by atoms with Gasteiger partial charge in [-0.15, -0.1) is 0 Å². The molecule has 0 saturated carbocycles. The zero-order valence-electron chi connectivity index (χ0n) is 12.7. The molecule has 1 aromatic carbocycles. The van der Waals surface area contributed by atoms with E-state index < -0.39 is 11.4 Å². The van der Waals surface area contributed by atoms with E-state index in [9.17, 15) is 9.59 Å². The van der Waals surface area contributed by atoms with E-state index in [1.807, 2.05) is 24.3 Å². The van der Waals surface area contributed by atoms with Gasteiger partial charge in [-0.2, -0.15) is 0 Å². The van der Waals surface area contributed by atoms with Crippen molar-refractivity contribution >= 4 is 11.9 Å². The molecule has 21 heavy (non-hydrogen) atoms. The van der Waals surface area contributed by atoms with Gasteiger partial charge in [0.2, 0.25) is 5.91 Å². The van der Waals surface area contributed by atoms with Crippen LogP contribution in [0, 0.1) is 5.41 Å². The molecule has 0 bridgehead atoms. The minimum Gasteiger partial charge on any atom is -0.497 e. The molecule has 1 atom stereocenters. The SMILES string of the molecule is CCOC(=O)[C@@]1(C)CCN(Cc2ccc(OC)cc2)C1=O. The van der Waals surface area contributed by atoms with Crippen LogP contribution in [0.1, 0.15) is 25.8 Å². The fourth-order valence-electron chi connectivity index (χ4n) is 2.50. The molecular formula is C16H21NO4. The third-order valence-electron chi connectivity index (χ3n) is 3.90. The maximum absolute atomic E-state index is 12.5. The minimum atomic E-state index is -1.04. The highest BCUT2D eigenvalue weighted by Crippen LogP contribution is 2.33. The number of hydrogen-bond acceptors (Lipinski definition) is 4. The second kappa shape index (κ2) is 6.16. The summed E-state index contributed by atoms with van der Waals surface area (Å²) in [6, 6.07) is 7.57. The van der Waals surface area contributed by atoms with Crippen LogP contribution < -0.4 is 4.74 Å². The molecule has 0 unspecified atom stereocenters. The zero-order chi connectivity index (χ0) is 15.5. The van der Waals surface area contributed by atoms with Gasteiger partial charge in [-0.05, 0) is 38.0 Å². The van der Waals surface area contributed by atoms with E-state index in [1.165, 1.54) is 0 Å². The molecule has 0 aromatic heterocycles. The van der Waals surface area contributed by atoms with Crippen LogP contribution in [-0.2, 0) is 20.9 Å². The first-order valence-electron chi connectivity index (χ1n) is 7.11. The quantitative estimate of drug-likeness (QED) is 0.615. The van der Waals surface area contributed by atoms with Crippen molar-refractivity contribution in [3.63, 3.8) is 0 Å². The number of ether oxygens (including phenoxy) is 2. The second-order valence-electron chi connectivity index (χ2n) is 5.38. The van der Waals surface area contributed by atoms with Gasteiger partial charge in [-0.3, -0.25) is 9.59 Å². The zero-order valence-corrected chi connectivity index (χ0v) is 12.7. The Morgan fingerprint density at radius 1 is 1.33 bits per heavy atom. The van der Waals surface area contributed by atoms with E-state index in [1.54, 1.807) is 25.9 Å². The number of methoxy groups -OCH3 is 1. The van der Waals surface area contributed by atoms with E-state index in [0.29, 0.717) is 26.1 Å². The Hall–Kier alpha value is -2.04. The predicted octanol–water partition coefficient (Wildman–Crippen LogP) is 2.00. The first-order valence-corrected chi connectivity index (χ1v) is 7.11. The first-order chi connectivity index (χ1) is 10.0. The third-order valence-corrected chi connectivity index (χ3v) is 3.90. The molecule has 0 aliphatic carbocycles. The smallest absolute Gasteiger partial charge is 0.321 e. The number of esters is 1. The fraction of sp³-hybridized carbons (Fsp3) is 0.500. The molecule has 1 aliphatic rings. The van der Waals surface area contributed by atoms with Crippen LogP contribution in [0.3, 0.4) is 0 Å². The van der Waals surface area contributed by atoms with Crippen LogP contribution in [0.5, 0.6) is 5.75 Å². The Morgan fingerprint density at radius 3 is 2.57 bits per heavy atom. The summed E-state index contributed by atoms with van der Waals surface area (Å²) < 4.78 is 10.1. The van der Waals surface area contributed by atoms with Crippen LogP contribution in [0.15, 0.2) is 24.3 Å². The van der Waals surface area contributed by atoms with Crippen molar-refractivity contribution in [2.75, 3.05) is 20.3 Å². The van der Waals surface area contributed by atoms with E-state index in [4.69, 9.17) is 9.47 Å². The summed E-state index contributed by atoms with van der Waals surface area (Å²) in [5, 5.41) is 0. The standard InChI is InChI=1S/C16H21NO4/c1-4-21-15(19)16(2)9-10-17(14(16)18)11-12-5-7-13(20-3)8-6-12/h5-8H,4,9-11H2,1-3H3/t16-/m0/s1. The van der Waals surface area contributed by atoms with Gasteiger partial charge in [0.1, 0.15) is 11.2 Å². The van der Waals surface area contributed by atoms with Gasteiger partial charge in [0.15, 0.2) is 0 Å². The highest BCUT2D eigenvalue weighted by molar-refractivity contribution is 6.03. The molecule has 0 radical (unpaired) electrons. The Bertz CT molecular complexity index is 526. The number of carbonyl (C=O) groups excluding carboxylic acids is 2. The van der Waals surface area contributed by atoms with Crippen LogP contribution in [-0.4, -0.2) is 37.0 Å². The highest BCUT2D eigenvalue weighted by atomic mass is 16.5. The molecule has 1 heterocycles. The molecule has 5 heteroatoms. The van der Waals surface area contributed by atoms with Gasteiger partial charge >= 0.3 is 5.97 Å². The molecule has 0 spiro atoms. The third kappa shape index (κ3) is 3.01. The van der Waals surface area contributed by atoms with Gasteiger partial charge < -0.3 is 14.4 Å². The Labute approximate surface area is 124 Å². The molecule has 5 nitrogen and oxygen atoms in total. The number of amides is 1. The summed E-state index contributed by atoms with van der Waals surface area (Å²) in [7, 11) is 1.61. The van der Waals surface area contributed by atoms with Crippen molar-refractivity contribution in [2.45, 2.75) is 26.8 Å². The van der Waals surface area contributed by atoms with Crippen molar-refractivity contribution in [1.82, 2.24) is 4.90 Å². The molecule has 1 amide bonds. The summed E-state index contributed by atoms with van der Waals surface area (Å²) >= 11 is 0. The summed E-state index contributed by atoms with van der Waals surface area (Å²) in [5.41, 5.74) is -0.0279. The topological polar surface area (TPSA) is 55.8 Å². The van der Waals surface area contributed by atoms with Gasteiger partial charge in [-0.25, -0.2) is 0 Å². The van der Waals surface area contributed by atoms with Crippen LogP contribution in [0.2, 0.25) is 0 Å². The van der Waals surface area contributed by atoms with E-state index in [0.717, 1.165) is 11.3 Å². The molecular weight excluding hydrogens is 270 g/mol. The second-order valence-corrected chi connectivity index (χ2v) is 5.38. The molecule has 1 fully saturated rings. The van der Waals surface area contributed by atoms with E-state index in [2.05, 4.69) is 0 Å². The van der Waals surface area contributed by atoms with Crippen molar-refractivity contribution < 1.29 is 19.1 Å². The summed E-state index contributed by atoms with van der Waals surface area (Å²) in [4.78, 5) is 26.2. The number of hydrogen-bond donors (Lipinski definition) is 0. The number of carbonyl (C=O) groups is 2. The molecule has 114 valence electrons. The molecule has 2 rings (SSSR count). The van der Waals surface area contributed by atoms with Crippen molar-refractivity contribution in [1.29, 1.82) is 0 Å². The Balaban J connectivity index is 2.05. The lowest BCUT2D eigenvalue weighted by Crippen LogP contribution is -2.39. The molecule has 1 aliphatic heterocycles. The lowest BCUT2D eigenvalue weighted by atomic mass is 9.89. The largest absolute Gasteiger partial charge is 0.497 e. The van der Waals surface area contributed by atoms with Crippen molar-refractivity contribution in [2.24, 2.45) is 5.41 Å². The lowest BCUT2D eigenvalue weighted by Gasteiger charge is -2.21. The Kier molecular flexibility index (Phi) is 4.50. The summed E-state index contributed by atoms with van der Waals surface area (Å²) in [6.07, 6.45) is 0.501. The lowest BCUT2D eigenvalue weighted by molar-refractivity contribution is -0.159. The van der Waals surface area contributed by atoms with E-state index in [-0.39, 0.29) is 5.91 Å². The van der Waals surface area contributed by atoms with E-state index >= 15 is 0 Å². The van der Waals surface area contributed by atoms with Gasteiger partial charge in [-0.1, -0.05) is 12.1 Å². The normalized spacial score (nSPS) is 21.5. The molecule has 1 saturated heterocycles. The van der Waals surface area contributed by atoms with Crippen LogP contribution >= 0.6 is 0 Å². The maximum Gasteiger partial charge on any atom is 0.321 e. The van der Waals surface area contributed by atoms with Gasteiger partial charge in [0, 0.05) is 13.1 Å². The number of rotatable bonds is 5. The highest BCUT2D eigenvalue weighted by Gasteiger charge is 2.49. The number of nitrogens with zero attached hydrogens (tertiary/aromatic N) is 1. The van der Waals surface area contributed by atoms with Gasteiger partial charge in [0.25, 0.3) is 0 Å². The minimum absolute atomic E-state index is 0.156. The van der Waals surface area contributed by atoms with Crippen molar-refractivity contribution in [3.8, 4) is 5.75 Å². The summed E-state index contributed by atoms with van der Waals surface area (Å²) in [5.74, 6) is 0.201. The van der Waals surface area contributed by atoms with Gasteiger partial charge in [0.05, 0.1) is 13.7 Å². The van der Waals surface area contributed by atoms with Crippen LogP contribution in [0.4, 0.5) is 0 Å². The average molecular weight is 291 g/mol. The predicted molar refractivity (Wildman–Crippen MR) is 77.8 cm³/mol. The fourth-order valence-corrected chi connectivity index (χ4v) is 2.50. The Morgan fingerprint density at radius 2 is 2.00 bits per heavy atom. The molecule has 1 aromatic rings. The molecule has 0 N–H and O–H groups in total.